The second-order valence-corrected chi connectivity index (χ2v) is 7.05. The van der Waals surface area contributed by atoms with Crippen molar-refractivity contribution in [3.05, 3.63) is 60.2 Å². The Morgan fingerprint density at radius 2 is 1.77 bits per heavy atom. The summed E-state index contributed by atoms with van der Waals surface area (Å²) in [5, 5.41) is 14.0. The molecular formula is C23H27N5O3. The molecule has 162 valence electrons. The van der Waals surface area contributed by atoms with E-state index in [1.54, 1.807) is 31.2 Å². The number of hydrogen-bond acceptors (Lipinski definition) is 7. The van der Waals surface area contributed by atoms with E-state index in [0.717, 1.165) is 13.1 Å². The average molecular weight is 422 g/mol. The first-order valence-corrected chi connectivity index (χ1v) is 10.4. The third-order valence-electron chi connectivity index (χ3n) is 5.02. The van der Waals surface area contributed by atoms with Gasteiger partial charge in [0, 0.05) is 6.54 Å². The number of hydrogen-bond donors (Lipinski definition) is 0. The van der Waals surface area contributed by atoms with Crippen LogP contribution in [0.1, 0.15) is 31.1 Å². The molecule has 3 rings (SSSR count). The molecule has 0 radical (unpaired) electrons. The summed E-state index contributed by atoms with van der Waals surface area (Å²) in [6.45, 7) is 8.80. The lowest BCUT2D eigenvalue weighted by molar-refractivity contribution is -0.117. The van der Waals surface area contributed by atoms with Gasteiger partial charge < -0.3 is 9.64 Å². The molecule has 2 aromatic carbocycles. The third kappa shape index (κ3) is 5.61. The third-order valence-corrected chi connectivity index (χ3v) is 5.02. The SMILES string of the molecule is CCN(CC)CCOC(=O)c1ccc(N=NC2C(=O)N(c3ccccc3)N=C2C)cc1. The van der Waals surface area contributed by atoms with Crippen molar-refractivity contribution in [1.82, 2.24) is 4.90 Å². The maximum Gasteiger partial charge on any atom is 0.338 e. The molecule has 0 saturated carbocycles. The second kappa shape index (κ2) is 10.6. The topological polar surface area (TPSA) is 86.9 Å². The number of ether oxygens (including phenoxy) is 1. The van der Waals surface area contributed by atoms with Gasteiger partial charge in [-0.3, -0.25) is 4.79 Å². The van der Waals surface area contributed by atoms with E-state index in [1.165, 1.54) is 5.01 Å². The van der Waals surface area contributed by atoms with Gasteiger partial charge >= 0.3 is 5.97 Å². The molecule has 0 N–H and O–H groups in total. The van der Waals surface area contributed by atoms with Gasteiger partial charge in [0.15, 0.2) is 6.04 Å². The van der Waals surface area contributed by atoms with Crippen LogP contribution < -0.4 is 5.01 Å². The van der Waals surface area contributed by atoms with Gasteiger partial charge in [-0.05, 0) is 56.4 Å². The van der Waals surface area contributed by atoms with Crippen LogP contribution in [0, 0.1) is 0 Å². The van der Waals surface area contributed by atoms with E-state index in [2.05, 4.69) is 34.1 Å². The van der Waals surface area contributed by atoms with Crippen LogP contribution in [0.3, 0.4) is 0 Å². The van der Waals surface area contributed by atoms with Crippen LogP contribution >= 0.6 is 0 Å². The van der Waals surface area contributed by atoms with Crippen LogP contribution in [0.25, 0.3) is 0 Å². The summed E-state index contributed by atoms with van der Waals surface area (Å²) in [6, 6.07) is 15.1. The lowest BCUT2D eigenvalue weighted by atomic mass is 10.2. The van der Waals surface area contributed by atoms with E-state index in [4.69, 9.17) is 4.74 Å². The van der Waals surface area contributed by atoms with Crippen molar-refractivity contribution >= 4 is 29.0 Å². The first kappa shape index (κ1) is 22.3. The molecule has 0 aromatic heterocycles. The lowest BCUT2D eigenvalue weighted by Gasteiger charge is -2.17. The van der Waals surface area contributed by atoms with Gasteiger partial charge in [0.05, 0.1) is 22.6 Å². The number of rotatable bonds is 9. The number of anilines is 1. The summed E-state index contributed by atoms with van der Waals surface area (Å²) in [7, 11) is 0. The molecule has 1 atom stereocenters. The number of benzene rings is 2. The van der Waals surface area contributed by atoms with Crippen molar-refractivity contribution in [2.24, 2.45) is 15.3 Å². The molecule has 1 amide bonds. The maximum atomic E-state index is 12.7. The fourth-order valence-corrected chi connectivity index (χ4v) is 3.12. The molecule has 1 heterocycles. The van der Waals surface area contributed by atoms with E-state index in [0.29, 0.717) is 35.8 Å². The minimum absolute atomic E-state index is 0.249. The van der Waals surface area contributed by atoms with Gasteiger partial charge in [-0.25, -0.2) is 4.79 Å². The van der Waals surface area contributed by atoms with Crippen LogP contribution in [0.4, 0.5) is 11.4 Å². The molecule has 31 heavy (non-hydrogen) atoms. The quantitative estimate of drug-likeness (QED) is 0.451. The highest BCUT2D eigenvalue weighted by atomic mass is 16.5. The molecule has 8 nitrogen and oxygen atoms in total. The van der Waals surface area contributed by atoms with Gasteiger partial charge in [-0.2, -0.15) is 20.3 Å². The maximum absolute atomic E-state index is 12.7. The first-order chi connectivity index (χ1) is 15.0. The number of para-hydroxylation sites is 1. The van der Waals surface area contributed by atoms with Gasteiger partial charge in [-0.1, -0.05) is 32.0 Å². The molecule has 0 aliphatic carbocycles. The molecule has 1 unspecified atom stereocenters. The van der Waals surface area contributed by atoms with Crippen molar-refractivity contribution in [2.75, 3.05) is 31.3 Å². The lowest BCUT2D eigenvalue weighted by Crippen LogP contribution is -2.29. The Balaban J connectivity index is 1.58. The summed E-state index contributed by atoms with van der Waals surface area (Å²) in [5.41, 5.74) is 2.25. The van der Waals surface area contributed by atoms with Crippen LogP contribution in [0.2, 0.25) is 0 Å². The molecule has 0 spiro atoms. The minimum atomic E-state index is -0.759. The zero-order valence-electron chi connectivity index (χ0n) is 18.1. The predicted molar refractivity (Wildman–Crippen MR) is 120 cm³/mol. The summed E-state index contributed by atoms with van der Waals surface area (Å²) < 4.78 is 5.32. The molecule has 0 fully saturated rings. The van der Waals surface area contributed by atoms with Gasteiger partial charge in [0.25, 0.3) is 5.91 Å². The number of nitrogens with zero attached hydrogens (tertiary/aromatic N) is 5. The largest absolute Gasteiger partial charge is 0.461 e. The predicted octanol–water partition coefficient (Wildman–Crippen LogP) is 4.06. The number of azo groups is 1. The smallest absolute Gasteiger partial charge is 0.338 e. The zero-order valence-corrected chi connectivity index (χ0v) is 18.1. The van der Waals surface area contributed by atoms with Crippen molar-refractivity contribution in [3.63, 3.8) is 0 Å². The Hall–Kier alpha value is -3.39. The number of hydrazone groups is 1. The normalized spacial score (nSPS) is 16.3. The molecule has 8 heteroatoms. The van der Waals surface area contributed by atoms with Gasteiger partial charge in [0.2, 0.25) is 0 Å². The van der Waals surface area contributed by atoms with Crippen molar-refractivity contribution in [2.45, 2.75) is 26.8 Å². The second-order valence-electron chi connectivity index (χ2n) is 7.05. The molecule has 2 aromatic rings. The highest BCUT2D eigenvalue weighted by molar-refractivity contribution is 6.18. The van der Waals surface area contributed by atoms with E-state index in [9.17, 15) is 9.59 Å². The number of carbonyl (C=O) groups is 2. The van der Waals surface area contributed by atoms with Crippen molar-refractivity contribution in [1.29, 1.82) is 0 Å². The van der Waals surface area contributed by atoms with Crippen molar-refractivity contribution < 1.29 is 14.3 Å². The highest BCUT2D eigenvalue weighted by Crippen LogP contribution is 2.23. The first-order valence-electron chi connectivity index (χ1n) is 10.4. The Bertz CT molecular complexity index is 953. The standard InChI is InChI=1S/C23H27N5O3/c1-4-27(5-2)15-16-31-23(30)18-11-13-19(14-12-18)24-25-21-17(3)26-28(22(21)29)20-9-7-6-8-10-20/h6-14,21H,4-5,15-16H2,1-3H3. The fraction of sp³-hybridized carbons (Fsp3) is 0.348. The summed E-state index contributed by atoms with van der Waals surface area (Å²) in [5.74, 6) is -0.621. The molecule has 0 saturated heterocycles. The molecule has 1 aliphatic heterocycles. The van der Waals surface area contributed by atoms with Crippen LogP contribution in [-0.2, 0) is 9.53 Å². The Labute approximate surface area is 182 Å². The van der Waals surface area contributed by atoms with Gasteiger partial charge in [-0.15, -0.1) is 0 Å². The summed E-state index contributed by atoms with van der Waals surface area (Å²) >= 11 is 0. The fourth-order valence-electron chi connectivity index (χ4n) is 3.12. The Morgan fingerprint density at radius 1 is 1.10 bits per heavy atom. The van der Waals surface area contributed by atoms with E-state index >= 15 is 0 Å². The molecular weight excluding hydrogens is 394 g/mol. The number of likely N-dealkylation sites (N-methyl/N-ethyl adjacent to an activating group) is 1. The number of esters is 1. The van der Waals surface area contributed by atoms with E-state index in [-0.39, 0.29) is 11.9 Å². The van der Waals surface area contributed by atoms with Crippen LogP contribution in [0.5, 0.6) is 0 Å². The highest BCUT2D eigenvalue weighted by Gasteiger charge is 2.34. The van der Waals surface area contributed by atoms with Crippen LogP contribution in [-0.4, -0.2) is 54.8 Å². The molecule has 1 aliphatic rings. The summed E-state index contributed by atoms with van der Waals surface area (Å²) in [4.78, 5) is 27.0. The van der Waals surface area contributed by atoms with E-state index in [1.807, 2.05) is 30.3 Å². The number of carbonyl (C=O) groups excluding carboxylic acids is 2. The van der Waals surface area contributed by atoms with E-state index < -0.39 is 6.04 Å². The van der Waals surface area contributed by atoms with Crippen molar-refractivity contribution in [3.8, 4) is 0 Å². The molecule has 0 bridgehead atoms. The summed E-state index contributed by atoms with van der Waals surface area (Å²) in [6.07, 6.45) is 0. The Morgan fingerprint density at radius 3 is 2.42 bits per heavy atom. The van der Waals surface area contributed by atoms with Gasteiger partial charge in [0.1, 0.15) is 6.61 Å². The van der Waals surface area contributed by atoms with Crippen LogP contribution in [0.15, 0.2) is 69.9 Å². The Kier molecular flexibility index (Phi) is 7.61. The average Bonchev–Trinajstić information content (AvgIpc) is 3.09. The monoisotopic (exact) mass is 421 g/mol. The minimum Gasteiger partial charge on any atom is -0.461 e. The number of amides is 1. The zero-order chi connectivity index (χ0) is 22.2.